The molecule has 124 valence electrons. The number of hydrogen-bond acceptors (Lipinski definition) is 3. The lowest BCUT2D eigenvalue weighted by Gasteiger charge is -2.18. The van der Waals surface area contributed by atoms with Crippen LogP contribution in [0.25, 0.3) is 10.9 Å². The third-order valence-electron chi connectivity index (χ3n) is 3.82. The number of benzene rings is 1. The van der Waals surface area contributed by atoms with Gasteiger partial charge in [-0.2, -0.15) is 0 Å². The lowest BCUT2D eigenvalue weighted by molar-refractivity contribution is -0.143. The van der Waals surface area contributed by atoms with Gasteiger partial charge in [-0.25, -0.2) is 4.79 Å². The van der Waals surface area contributed by atoms with Gasteiger partial charge in [0.2, 0.25) is 5.91 Å². The monoisotopic (exact) mass is 318 g/mol. The molecule has 0 radical (unpaired) electrons. The van der Waals surface area contributed by atoms with Gasteiger partial charge >= 0.3 is 5.97 Å². The van der Waals surface area contributed by atoms with Crippen molar-refractivity contribution in [1.29, 1.82) is 0 Å². The molecule has 2 rings (SSSR count). The van der Waals surface area contributed by atoms with Gasteiger partial charge < -0.3 is 19.7 Å². The lowest BCUT2D eigenvalue weighted by atomic mass is 10.0. The van der Waals surface area contributed by atoms with Crippen LogP contribution in [0.3, 0.4) is 0 Å². The van der Waals surface area contributed by atoms with Crippen molar-refractivity contribution in [2.45, 2.75) is 32.9 Å². The molecule has 1 heterocycles. The number of carboxylic acids is 1. The van der Waals surface area contributed by atoms with Crippen molar-refractivity contribution in [3.05, 3.63) is 30.5 Å². The molecule has 0 aliphatic carbocycles. The summed E-state index contributed by atoms with van der Waals surface area (Å²) in [6.07, 6.45) is 2.12. The molecule has 0 fully saturated rings. The Morgan fingerprint density at radius 3 is 2.65 bits per heavy atom. The summed E-state index contributed by atoms with van der Waals surface area (Å²) in [5.74, 6) is -0.648. The summed E-state index contributed by atoms with van der Waals surface area (Å²) in [7, 11) is 1.62. The molecule has 0 spiro atoms. The topological polar surface area (TPSA) is 80.6 Å². The van der Waals surface area contributed by atoms with E-state index in [4.69, 9.17) is 9.84 Å². The van der Waals surface area contributed by atoms with E-state index in [1.165, 1.54) is 0 Å². The summed E-state index contributed by atoms with van der Waals surface area (Å²) in [5.41, 5.74) is 0.982. The predicted molar refractivity (Wildman–Crippen MR) is 87.5 cm³/mol. The minimum absolute atomic E-state index is 0.159. The van der Waals surface area contributed by atoms with Crippen molar-refractivity contribution in [3.8, 4) is 5.75 Å². The van der Waals surface area contributed by atoms with Crippen molar-refractivity contribution in [2.24, 2.45) is 5.92 Å². The van der Waals surface area contributed by atoms with Gasteiger partial charge in [0.15, 0.2) is 0 Å². The highest BCUT2D eigenvalue weighted by atomic mass is 16.5. The maximum absolute atomic E-state index is 12.0. The van der Waals surface area contributed by atoms with Crippen molar-refractivity contribution in [1.82, 2.24) is 9.88 Å². The maximum Gasteiger partial charge on any atom is 0.326 e. The van der Waals surface area contributed by atoms with Gasteiger partial charge in [-0.15, -0.1) is 0 Å². The minimum atomic E-state index is -1.01. The molecule has 6 nitrogen and oxygen atoms in total. The molecular formula is C17H22N2O4. The van der Waals surface area contributed by atoms with Crippen LogP contribution in [-0.2, 0) is 16.1 Å². The molecular weight excluding hydrogens is 296 g/mol. The van der Waals surface area contributed by atoms with E-state index in [1.807, 2.05) is 35.0 Å². The second-order valence-corrected chi connectivity index (χ2v) is 5.78. The SMILES string of the molecule is COc1cccc2c1ccn2CCC(=O)N[C@@H](C(=O)O)C(C)C. The van der Waals surface area contributed by atoms with E-state index in [2.05, 4.69) is 5.32 Å². The van der Waals surface area contributed by atoms with Crippen molar-refractivity contribution in [3.63, 3.8) is 0 Å². The zero-order chi connectivity index (χ0) is 17.0. The normalized spacial score (nSPS) is 12.3. The Balaban J connectivity index is 2.04. The molecule has 1 aromatic heterocycles. The van der Waals surface area contributed by atoms with Crippen LogP contribution in [0.5, 0.6) is 5.75 Å². The highest BCUT2D eigenvalue weighted by Crippen LogP contribution is 2.26. The van der Waals surface area contributed by atoms with Crippen LogP contribution in [0.2, 0.25) is 0 Å². The average molecular weight is 318 g/mol. The van der Waals surface area contributed by atoms with Crippen molar-refractivity contribution in [2.75, 3.05) is 7.11 Å². The number of aromatic nitrogens is 1. The first-order chi connectivity index (χ1) is 10.9. The fourth-order valence-corrected chi connectivity index (χ4v) is 2.55. The van der Waals surface area contributed by atoms with E-state index >= 15 is 0 Å². The molecule has 1 aromatic carbocycles. The molecule has 0 saturated heterocycles. The number of aryl methyl sites for hydroxylation is 1. The van der Waals surface area contributed by atoms with E-state index in [0.717, 1.165) is 16.7 Å². The molecule has 1 atom stereocenters. The number of nitrogens with zero attached hydrogens (tertiary/aromatic N) is 1. The number of nitrogens with one attached hydrogen (secondary N) is 1. The summed E-state index contributed by atoms with van der Waals surface area (Å²) in [6, 6.07) is 6.84. The summed E-state index contributed by atoms with van der Waals surface area (Å²) in [5, 5.41) is 12.7. The van der Waals surface area contributed by atoms with Crippen LogP contribution >= 0.6 is 0 Å². The Labute approximate surface area is 135 Å². The summed E-state index contributed by atoms with van der Waals surface area (Å²) in [4.78, 5) is 23.1. The molecule has 1 amide bonds. The quantitative estimate of drug-likeness (QED) is 0.820. The molecule has 0 aliphatic rings. The van der Waals surface area contributed by atoms with Gasteiger partial charge in [0.1, 0.15) is 11.8 Å². The van der Waals surface area contributed by atoms with E-state index < -0.39 is 12.0 Å². The van der Waals surface area contributed by atoms with Crippen LogP contribution in [0.4, 0.5) is 0 Å². The number of carboxylic acid groups (broad SMARTS) is 1. The molecule has 6 heteroatoms. The van der Waals surface area contributed by atoms with Gasteiger partial charge in [-0.3, -0.25) is 4.79 Å². The molecule has 0 aliphatic heterocycles. The number of aliphatic carboxylic acids is 1. The first kappa shape index (κ1) is 16.9. The van der Waals surface area contributed by atoms with E-state index in [9.17, 15) is 9.59 Å². The Morgan fingerprint density at radius 2 is 2.04 bits per heavy atom. The zero-order valence-electron chi connectivity index (χ0n) is 13.6. The fourth-order valence-electron chi connectivity index (χ4n) is 2.55. The summed E-state index contributed by atoms with van der Waals surface area (Å²) >= 11 is 0. The largest absolute Gasteiger partial charge is 0.496 e. The third kappa shape index (κ3) is 3.83. The summed E-state index contributed by atoms with van der Waals surface area (Å²) in [6.45, 7) is 4.02. The van der Waals surface area contributed by atoms with Crippen LogP contribution in [-0.4, -0.2) is 34.7 Å². The van der Waals surface area contributed by atoms with Crippen molar-refractivity contribution < 1.29 is 19.4 Å². The second kappa shape index (κ2) is 7.17. The maximum atomic E-state index is 12.0. The Kier molecular flexibility index (Phi) is 5.26. The number of carbonyl (C=O) groups excluding carboxylic acids is 1. The Bertz CT molecular complexity index is 706. The lowest BCUT2D eigenvalue weighted by Crippen LogP contribution is -2.44. The first-order valence-electron chi connectivity index (χ1n) is 7.58. The minimum Gasteiger partial charge on any atom is -0.496 e. The smallest absolute Gasteiger partial charge is 0.326 e. The number of amides is 1. The summed E-state index contributed by atoms with van der Waals surface area (Å²) < 4.78 is 7.27. The number of rotatable bonds is 7. The number of carbonyl (C=O) groups is 2. The van der Waals surface area contributed by atoms with Crippen LogP contribution in [0, 0.1) is 5.92 Å². The standard InChI is InChI=1S/C17H22N2O4/c1-11(2)16(17(21)22)18-15(20)8-10-19-9-7-12-13(19)5-4-6-14(12)23-3/h4-7,9,11,16H,8,10H2,1-3H3,(H,18,20)(H,21,22)/t16-/m1/s1. The van der Waals surface area contributed by atoms with E-state index in [1.54, 1.807) is 21.0 Å². The number of fused-ring (bicyclic) bond motifs is 1. The van der Waals surface area contributed by atoms with Gasteiger partial charge in [0, 0.05) is 24.5 Å². The molecule has 23 heavy (non-hydrogen) atoms. The van der Waals surface area contributed by atoms with Gasteiger partial charge in [0.05, 0.1) is 12.6 Å². The Morgan fingerprint density at radius 1 is 1.30 bits per heavy atom. The fraction of sp³-hybridized carbons (Fsp3) is 0.412. The van der Waals surface area contributed by atoms with E-state index in [0.29, 0.717) is 6.54 Å². The number of hydrogen-bond donors (Lipinski definition) is 2. The van der Waals surface area contributed by atoms with Gasteiger partial charge in [0.25, 0.3) is 0 Å². The Hall–Kier alpha value is -2.50. The van der Waals surface area contributed by atoms with Crippen LogP contribution in [0.1, 0.15) is 20.3 Å². The molecule has 0 saturated carbocycles. The van der Waals surface area contributed by atoms with Gasteiger partial charge in [-0.05, 0) is 24.1 Å². The van der Waals surface area contributed by atoms with Crippen molar-refractivity contribution >= 4 is 22.8 Å². The van der Waals surface area contributed by atoms with E-state index in [-0.39, 0.29) is 18.2 Å². The zero-order valence-corrected chi connectivity index (χ0v) is 13.6. The van der Waals surface area contributed by atoms with Gasteiger partial charge in [-0.1, -0.05) is 19.9 Å². The highest BCUT2D eigenvalue weighted by Gasteiger charge is 2.23. The number of methoxy groups -OCH3 is 1. The second-order valence-electron chi connectivity index (χ2n) is 5.78. The average Bonchev–Trinajstić information content (AvgIpc) is 2.93. The molecule has 0 unspecified atom stereocenters. The third-order valence-corrected chi connectivity index (χ3v) is 3.82. The predicted octanol–water partition coefficient (Wildman–Crippen LogP) is 2.27. The molecule has 2 N–H and O–H groups in total. The first-order valence-corrected chi connectivity index (χ1v) is 7.58. The van der Waals surface area contributed by atoms with Crippen LogP contribution < -0.4 is 10.1 Å². The van der Waals surface area contributed by atoms with Crippen LogP contribution in [0.15, 0.2) is 30.5 Å². The highest BCUT2D eigenvalue weighted by molar-refractivity contribution is 5.87. The molecule has 0 bridgehead atoms. The number of ether oxygens (including phenoxy) is 1. The molecule has 2 aromatic rings.